The number of hydrogen-bond acceptors (Lipinski definition) is 3. The zero-order chi connectivity index (χ0) is 13.6. The summed E-state index contributed by atoms with van der Waals surface area (Å²) < 4.78 is 0. The quantitative estimate of drug-likeness (QED) is 0.798. The Labute approximate surface area is 111 Å². The van der Waals surface area contributed by atoms with Crippen LogP contribution in [0, 0.1) is 5.41 Å². The van der Waals surface area contributed by atoms with E-state index in [1.165, 1.54) is 0 Å². The summed E-state index contributed by atoms with van der Waals surface area (Å²) in [7, 11) is 0. The van der Waals surface area contributed by atoms with Crippen molar-refractivity contribution in [2.24, 2.45) is 5.41 Å². The van der Waals surface area contributed by atoms with E-state index in [9.17, 15) is 14.7 Å². The van der Waals surface area contributed by atoms with Crippen LogP contribution in [0.1, 0.15) is 32.3 Å². The van der Waals surface area contributed by atoms with E-state index < -0.39 is 11.4 Å². The number of carbonyl (C=O) groups is 2. The third-order valence-corrected chi connectivity index (χ3v) is 4.11. The maximum absolute atomic E-state index is 11.7. The molecule has 0 spiro atoms. The van der Waals surface area contributed by atoms with Crippen LogP contribution in [0.3, 0.4) is 0 Å². The molecule has 0 aliphatic heterocycles. The van der Waals surface area contributed by atoms with Gasteiger partial charge in [-0.25, -0.2) is 0 Å². The average molecular weight is 269 g/mol. The fourth-order valence-electron chi connectivity index (χ4n) is 1.79. The molecule has 1 rings (SSSR count). The van der Waals surface area contributed by atoms with Crippen molar-refractivity contribution in [3.8, 4) is 0 Å². The Bertz CT molecular complexity index is 396. The summed E-state index contributed by atoms with van der Waals surface area (Å²) >= 11 is 1.55. The average Bonchev–Trinajstić information content (AvgIpc) is 2.83. The lowest BCUT2D eigenvalue weighted by atomic mass is 9.82. The van der Waals surface area contributed by atoms with Gasteiger partial charge in [-0.15, -0.1) is 0 Å². The van der Waals surface area contributed by atoms with Crippen LogP contribution in [-0.2, 0) is 16.0 Å². The zero-order valence-electron chi connectivity index (χ0n) is 10.7. The molecule has 0 fully saturated rings. The number of nitrogens with one attached hydrogen (secondary N) is 1. The minimum atomic E-state index is -0.844. The van der Waals surface area contributed by atoms with Crippen LogP contribution in [0.2, 0.25) is 0 Å². The van der Waals surface area contributed by atoms with Gasteiger partial charge < -0.3 is 10.4 Å². The molecule has 0 unspecified atom stereocenters. The predicted octanol–water partition coefficient (Wildman–Crippen LogP) is 2.30. The van der Waals surface area contributed by atoms with Gasteiger partial charge in [0.05, 0.1) is 11.8 Å². The lowest BCUT2D eigenvalue weighted by Crippen LogP contribution is -2.42. The second kappa shape index (κ2) is 6.54. The molecular weight excluding hydrogens is 250 g/mol. The van der Waals surface area contributed by atoms with Crippen molar-refractivity contribution < 1.29 is 14.7 Å². The Kier molecular flexibility index (Phi) is 5.34. The standard InChI is InChI=1S/C13H19NO3S/c1-3-13(4-2,12(16)17)9-14-11(15)7-10-5-6-18-8-10/h5-6,8H,3-4,7,9H2,1-2H3,(H,14,15)(H,16,17). The fourth-order valence-corrected chi connectivity index (χ4v) is 2.46. The first-order valence-corrected chi connectivity index (χ1v) is 6.99. The molecule has 18 heavy (non-hydrogen) atoms. The third kappa shape index (κ3) is 3.57. The Morgan fingerprint density at radius 2 is 2.06 bits per heavy atom. The highest BCUT2D eigenvalue weighted by Gasteiger charge is 2.34. The number of carboxylic acid groups (broad SMARTS) is 1. The van der Waals surface area contributed by atoms with E-state index in [1.54, 1.807) is 11.3 Å². The van der Waals surface area contributed by atoms with Gasteiger partial charge in [0.15, 0.2) is 0 Å². The first-order chi connectivity index (χ1) is 8.54. The molecule has 0 bridgehead atoms. The number of rotatable bonds is 7. The Morgan fingerprint density at radius 1 is 1.39 bits per heavy atom. The van der Waals surface area contributed by atoms with Crippen LogP contribution < -0.4 is 5.32 Å². The van der Waals surface area contributed by atoms with Crippen molar-refractivity contribution >= 4 is 23.2 Å². The maximum Gasteiger partial charge on any atom is 0.311 e. The van der Waals surface area contributed by atoms with Crippen molar-refractivity contribution in [3.63, 3.8) is 0 Å². The number of carboxylic acids is 1. The summed E-state index contributed by atoms with van der Waals surface area (Å²) in [5.41, 5.74) is 0.121. The van der Waals surface area contributed by atoms with Crippen LogP contribution in [-0.4, -0.2) is 23.5 Å². The first-order valence-electron chi connectivity index (χ1n) is 6.05. The normalized spacial score (nSPS) is 11.2. The van der Waals surface area contributed by atoms with Crippen molar-refractivity contribution in [1.29, 1.82) is 0 Å². The summed E-state index contributed by atoms with van der Waals surface area (Å²) in [5.74, 6) is -0.968. The second-order valence-corrected chi connectivity index (χ2v) is 5.16. The number of hydrogen-bond donors (Lipinski definition) is 2. The summed E-state index contributed by atoms with van der Waals surface area (Å²) in [5, 5.41) is 15.8. The monoisotopic (exact) mass is 269 g/mol. The minimum Gasteiger partial charge on any atom is -0.481 e. The second-order valence-electron chi connectivity index (χ2n) is 4.38. The van der Waals surface area contributed by atoms with Crippen LogP contribution in [0.15, 0.2) is 16.8 Å². The zero-order valence-corrected chi connectivity index (χ0v) is 11.5. The summed E-state index contributed by atoms with van der Waals surface area (Å²) in [4.78, 5) is 23.0. The maximum atomic E-state index is 11.7. The van der Waals surface area contributed by atoms with Crippen molar-refractivity contribution in [3.05, 3.63) is 22.4 Å². The van der Waals surface area contributed by atoms with Gasteiger partial charge in [0.2, 0.25) is 5.91 Å². The SMILES string of the molecule is CCC(CC)(CNC(=O)Cc1ccsc1)C(=O)O. The molecule has 1 amide bonds. The predicted molar refractivity (Wildman–Crippen MR) is 71.7 cm³/mol. The third-order valence-electron chi connectivity index (χ3n) is 3.38. The smallest absolute Gasteiger partial charge is 0.311 e. The fraction of sp³-hybridized carbons (Fsp3) is 0.538. The summed E-state index contributed by atoms with van der Waals surface area (Å²) in [6.45, 7) is 3.86. The molecule has 1 aromatic heterocycles. The van der Waals surface area contributed by atoms with E-state index >= 15 is 0 Å². The topological polar surface area (TPSA) is 66.4 Å². The van der Waals surface area contributed by atoms with E-state index in [-0.39, 0.29) is 12.5 Å². The Hall–Kier alpha value is -1.36. The van der Waals surface area contributed by atoms with Crippen molar-refractivity contribution in [1.82, 2.24) is 5.32 Å². The first kappa shape index (κ1) is 14.7. The molecule has 1 aromatic rings. The van der Waals surface area contributed by atoms with Gasteiger partial charge in [-0.3, -0.25) is 9.59 Å². The number of thiophene rings is 1. The molecular formula is C13H19NO3S. The van der Waals surface area contributed by atoms with Crippen LogP contribution in [0.4, 0.5) is 0 Å². The molecule has 0 atom stereocenters. The molecule has 0 aliphatic carbocycles. The molecule has 0 aromatic carbocycles. The van der Waals surface area contributed by atoms with Gasteiger partial charge in [0, 0.05) is 6.54 Å². The summed E-state index contributed by atoms with van der Waals surface area (Å²) in [6.07, 6.45) is 1.34. The number of amides is 1. The summed E-state index contributed by atoms with van der Waals surface area (Å²) in [6, 6.07) is 1.90. The van der Waals surface area contributed by atoms with Crippen molar-refractivity contribution in [2.75, 3.05) is 6.54 Å². The lowest BCUT2D eigenvalue weighted by Gasteiger charge is -2.26. The lowest BCUT2D eigenvalue weighted by molar-refractivity contribution is -0.149. The van der Waals surface area contributed by atoms with E-state index in [4.69, 9.17) is 0 Å². The van der Waals surface area contributed by atoms with Gasteiger partial charge >= 0.3 is 5.97 Å². The highest BCUT2D eigenvalue weighted by molar-refractivity contribution is 7.07. The molecule has 2 N–H and O–H groups in total. The molecule has 0 saturated heterocycles. The molecule has 0 saturated carbocycles. The largest absolute Gasteiger partial charge is 0.481 e. The van der Waals surface area contributed by atoms with E-state index in [1.807, 2.05) is 30.7 Å². The highest BCUT2D eigenvalue weighted by Crippen LogP contribution is 2.25. The molecule has 4 nitrogen and oxygen atoms in total. The van der Waals surface area contributed by atoms with Gasteiger partial charge in [-0.2, -0.15) is 11.3 Å². The Balaban J connectivity index is 2.52. The molecule has 100 valence electrons. The minimum absolute atomic E-state index is 0.124. The Morgan fingerprint density at radius 3 is 2.50 bits per heavy atom. The molecule has 0 aliphatic rings. The van der Waals surface area contributed by atoms with Gasteiger partial charge in [-0.1, -0.05) is 13.8 Å². The number of aliphatic carboxylic acids is 1. The van der Waals surface area contributed by atoms with Crippen molar-refractivity contribution in [2.45, 2.75) is 33.1 Å². The highest BCUT2D eigenvalue weighted by atomic mass is 32.1. The molecule has 5 heteroatoms. The van der Waals surface area contributed by atoms with Gasteiger partial charge in [-0.05, 0) is 35.2 Å². The van der Waals surface area contributed by atoms with E-state index in [0.29, 0.717) is 19.3 Å². The van der Waals surface area contributed by atoms with Crippen LogP contribution in [0.5, 0.6) is 0 Å². The van der Waals surface area contributed by atoms with E-state index in [2.05, 4.69) is 5.32 Å². The van der Waals surface area contributed by atoms with Crippen LogP contribution >= 0.6 is 11.3 Å². The van der Waals surface area contributed by atoms with Crippen LogP contribution in [0.25, 0.3) is 0 Å². The molecule has 1 heterocycles. The van der Waals surface area contributed by atoms with E-state index in [0.717, 1.165) is 5.56 Å². The number of carbonyl (C=O) groups excluding carboxylic acids is 1. The molecule has 0 radical (unpaired) electrons. The van der Waals surface area contributed by atoms with Gasteiger partial charge in [0.1, 0.15) is 0 Å². The van der Waals surface area contributed by atoms with Gasteiger partial charge in [0.25, 0.3) is 0 Å².